The van der Waals surface area contributed by atoms with E-state index in [0.717, 1.165) is 22.2 Å². The number of hydrogen-bond donors (Lipinski definition) is 1. The maximum absolute atomic E-state index is 12.6. The van der Waals surface area contributed by atoms with E-state index in [1.807, 2.05) is 42.5 Å². The number of primary amides is 1. The first kappa shape index (κ1) is 20.6. The highest BCUT2D eigenvalue weighted by Gasteiger charge is 2.26. The van der Waals surface area contributed by atoms with Gasteiger partial charge in [-0.2, -0.15) is 0 Å². The third-order valence-corrected chi connectivity index (χ3v) is 6.33. The van der Waals surface area contributed by atoms with E-state index in [4.69, 9.17) is 22.3 Å². The van der Waals surface area contributed by atoms with E-state index in [-0.39, 0.29) is 23.5 Å². The van der Waals surface area contributed by atoms with Crippen molar-refractivity contribution in [2.75, 3.05) is 18.8 Å². The average Bonchev–Trinajstić information content (AvgIpc) is 2.77. The van der Waals surface area contributed by atoms with Crippen LogP contribution in [0, 0.1) is 5.92 Å². The second-order valence-electron chi connectivity index (χ2n) is 7.23. The molecule has 2 heterocycles. The van der Waals surface area contributed by atoms with Crippen LogP contribution < -0.4 is 5.73 Å². The number of aromatic nitrogens is 2. The van der Waals surface area contributed by atoms with Gasteiger partial charge in [-0.05, 0) is 31.0 Å². The van der Waals surface area contributed by atoms with Crippen LogP contribution in [-0.2, 0) is 9.59 Å². The summed E-state index contributed by atoms with van der Waals surface area (Å²) in [7, 11) is 0. The van der Waals surface area contributed by atoms with Crippen LogP contribution in [0.25, 0.3) is 22.2 Å². The Morgan fingerprint density at radius 2 is 1.83 bits per heavy atom. The highest BCUT2D eigenvalue weighted by Crippen LogP contribution is 2.30. The van der Waals surface area contributed by atoms with Crippen molar-refractivity contribution in [2.45, 2.75) is 18.0 Å². The molecule has 2 amide bonds. The molecular weight excluding hydrogens is 420 g/mol. The highest BCUT2D eigenvalue weighted by molar-refractivity contribution is 7.99. The summed E-state index contributed by atoms with van der Waals surface area (Å²) < 4.78 is 0. The molecule has 0 unspecified atom stereocenters. The van der Waals surface area contributed by atoms with Gasteiger partial charge in [0, 0.05) is 35.0 Å². The Labute approximate surface area is 183 Å². The van der Waals surface area contributed by atoms with Crippen molar-refractivity contribution in [2.24, 2.45) is 11.7 Å². The molecule has 0 spiro atoms. The van der Waals surface area contributed by atoms with E-state index in [0.29, 0.717) is 36.1 Å². The summed E-state index contributed by atoms with van der Waals surface area (Å²) in [6.45, 7) is 1.11. The standard InChI is InChI=1S/C22H21ClN4O2S/c23-16-6-7-18-17(12-16)20(14-4-2-1-3-5-14)26-22(25-18)30-13-19(28)27-10-8-15(9-11-27)21(24)29/h1-7,12,15H,8-11,13H2,(H2,24,29). The molecule has 1 aliphatic rings. The molecule has 1 aliphatic heterocycles. The van der Waals surface area contributed by atoms with Gasteiger partial charge in [0.2, 0.25) is 11.8 Å². The van der Waals surface area contributed by atoms with Crippen LogP contribution >= 0.6 is 23.4 Å². The maximum Gasteiger partial charge on any atom is 0.233 e. The Morgan fingerprint density at radius 3 is 2.53 bits per heavy atom. The largest absolute Gasteiger partial charge is 0.369 e. The SMILES string of the molecule is NC(=O)C1CCN(C(=O)CSc2nc(-c3ccccc3)c3cc(Cl)ccc3n2)CC1. The summed E-state index contributed by atoms with van der Waals surface area (Å²) in [4.78, 5) is 35.1. The fraction of sp³-hybridized carbons (Fsp3) is 0.273. The number of nitrogens with two attached hydrogens (primary N) is 1. The van der Waals surface area contributed by atoms with Gasteiger partial charge in [0.15, 0.2) is 5.16 Å². The van der Waals surface area contributed by atoms with Crippen molar-refractivity contribution < 1.29 is 9.59 Å². The number of benzene rings is 2. The number of fused-ring (bicyclic) bond motifs is 1. The first-order chi connectivity index (χ1) is 14.5. The molecule has 1 saturated heterocycles. The second-order valence-corrected chi connectivity index (χ2v) is 8.61. The maximum atomic E-state index is 12.6. The summed E-state index contributed by atoms with van der Waals surface area (Å²) in [5, 5.41) is 2.04. The van der Waals surface area contributed by atoms with Crippen LogP contribution in [-0.4, -0.2) is 45.5 Å². The van der Waals surface area contributed by atoms with E-state index in [1.54, 1.807) is 11.0 Å². The Bertz CT molecular complexity index is 1090. The summed E-state index contributed by atoms with van der Waals surface area (Å²) in [6, 6.07) is 15.4. The van der Waals surface area contributed by atoms with Crippen molar-refractivity contribution in [3.8, 4) is 11.3 Å². The molecule has 0 bridgehead atoms. The number of rotatable bonds is 5. The Hall–Kier alpha value is -2.64. The van der Waals surface area contributed by atoms with Crippen molar-refractivity contribution in [1.82, 2.24) is 14.9 Å². The summed E-state index contributed by atoms with van der Waals surface area (Å²) in [5.74, 6) is -0.154. The van der Waals surface area contributed by atoms with Crippen LogP contribution in [0.15, 0.2) is 53.7 Å². The third-order valence-electron chi connectivity index (χ3n) is 5.26. The lowest BCUT2D eigenvalue weighted by atomic mass is 9.96. The average molecular weight is 441 g/mol. The Morgan fingerprint density at radius 1 is 1.10 bits per heavy atom. The van der Waals surface area contributed by atoms with E-state index < -0.39 is 0 Å². The molecule has 1 fully saturated rings. The quantitative estimate of drug-likeness (QED) is 0.482. The van der Waals surface area contributed by atoms with Crippen LogP contribution in [0.3, 0.4) is 0 Å². The summed E-state index contributed by atoms with van der Waals surface area (Å²) >= 11 is 7.52. The second kappa shape index (κ2) is 9.02. The zero-order valence-corrected chi connectivity index (χ0v) is 17.8. The molecule has 0 atom stereocenters. The first-order valence-electron chi connectivity index (χ1n) is 9.74. The van der Waals surface area contributed by atoms with Crippen LogP contribution in [0.2, 0.25) is 5.02 Å². The zero-order chi connectivity index (χ0) is 21.1. The van der Waals surface area contributed by atoms with E-state index in [1.165, 1.54) is 11.8 Å². The highest BCUT2D eigenvalue weighted by atomic mass is 35.5. The molecule has 2 aromatic carbocycles. The number of amides is 2. The summed E-state index contributed by atoms with van der Waals surface area (Å²) in [5.41, 5.74) is 7.91. The number of piperidine rings is 1. The predicted octanol–water partition coefficient (Wildman–Crippen LogP) is 3.77. The Kier molecular flexibility index (Phi) is 6.20. The summed E-state index contributed by atoms with van der Waals surface area (Å²) in [6.07, 6.45) is 1.24. The predicted molar refractivity (Wildman–Crippen MR) is 119 cm³/mol. The minimum atomic E-state index is -0.283. The molecule has 3 aromatic rings. The molecule has 0 aliphatic carbocycles. The lowest BCUT2D eigenvalue weighted by molar-refractivity contribution is -0.132. The molecule has 30 heavy (non-hydrogen) atoms. The number of halogens is 1. The minimum Gasteiger partial charge on any atom is -0.369 e. The van der Waals surface area contributed by atoms with Crippen molar-refractivity contribution >= 4 is 46.1 Å². The van der Waals surface area contributed by atoms with Gasteiger partial charge in [0.05, 0.1) is 17.0 Å². The molecular formula is C22H21ClN4O2S. The fourth-order valence-electron chi connectivity index (χ4n) is 3.59. The molecule has 8 heteroatoms. The lowest BCUT2D eigenvalue weighted by Crippen LogP contribution is -2.42. The zero-order valence-electron chi connectivity index (χ0n) is 16.3. The molecule has 154 valence electrons. The molecule has 6 nitrogen and oxygen atoms in total. The molecule has 4 rings (SSSR count). The molecule has 1 aromatic heterocycles. The van der Waals surface area contributed by atoms with Gasteiger partial charge in [-0.15, -0.1) is 0 Å². The van der Waals surface area contributed by atoms with Crippen molar-refractivity contribution in [3.05, 3.63) is 53.6 Å². The fourth-order valence-corrected chi connectivity index (χ4v) is 4.52. The van der Waals surface area contributed by atoms with Crippen molar-refractivity contribution in [3.63, 3.8) is 0 Å². The van der Waals surface area contributed by atoms with E-state index in [9.17, 15) is 9.59 Å². The topological polar surface area (TPSA) is 89.2 Å². The molecule has 2 N–H and O–H groups in total. The number of hydrogen-bond acceptors (Lipinski definition) is 5. The van der Waals surface area contributed by atoms with Crippen LogP contribution in [0.5, 0.6) is 0 Å². The first-order valence-corrected chi connectivity index (χ1v) is 11.1. The number of thioether (sulfide) groups is 1. The van der Waals surface area contributed by atoms with Gasteiger partial charge >= 0.3 is 0 Å². The minimum absolute atomic E-state index is 0.0176. The monoisotopic (exact) mass is 440 g/mol. The molecule has 0 saturated carbocycles. The Balaban J connectivity index is 1.53. The lowest BCUT2D eigenvalue weighted by Gasteiger charge is -2.30. The van der Waals surface area contributed by atoms with Crippen molar-refractivity contribution in [1.29, 1.82) is 0 Å². The smallest absolute Gasteiger partial charge is 0.233 e. The normalized spacial score (nSPS) is 14.8. The van der Waals surface area contributed by atoms with E-state index >= 15 is 0 Å². The number of carbonyl (C=O) groups excluding carboxylic acids is 2. The van der Waals surface area contributed by atoms with Gasteiger partial charge in [0.25, 0.3) is 0 Å². The van der Waals surface area contributed by atoms with Gasteiger partial charge in [-0.3, -0.25) is 9.59 Å². The van der Waals surface area contributed by atoms with Gasteiger partial charge in [-0.1, -0.05) is 53.7 Å². The van der Waals surface area contributed by atoms with Gasteiger partial charge in [-0.25, -0.2) is 9.97 Å². The molecule has 0 radical (unpaired) electrons. The van der Waals surface area contributed by atoms with Crippen LogP contribution in [0.4, 0.5) is 0 Å². The van der Waals surface area contributed by atoms with Gasteiger partial charge < -0.3 is 10.6 Å². The third kappa shape index (κ3) is 4.57. The van der Waals surface area contributed by atoms with Gasteiger partial charge in [0.1, 0.15) is 0 Å². The number of likely N-dealkylation sites (tertiary alicyclic amines) is 1. The van der Waals surface area contributed by atoms with E-state index in [2.05, 4.69) is 4.98 Å². The van der Waals surface area contributed by atoms with Crippen LogP contribution in [0.1, 0.15) is 12.8 Å². The number of nitrogens with zero attached hydrogens (tertiary/aromatic N) is 3. The number of carbonyl (C=O) groups is 2.